The molecule has 4 nitrogen and oxygen atoms in total. The summed E-state index contributed by atoms with van der Waals surface area (Å²) in [4.78, 5) is 2.15. The lowest BCUT2D eigenvalue weighted by Gasteiger charge is -2.31. The monoisotopic (exact) mass is 251 g/mol. The van der Waals surface area contributed by atoms with Crippen LogP contribution in [0.5, 0.6) is 0 Å². The van der Waals surface area contributed by atoms with Gasteiger partial charge in [0.15, 0.2) is 0 Å². The molecule has 0 spiro atoms. The highest BCUT2D eigenvalue weighted by Gasteiger charge is 2.19. The predicted octanol–water partition coefficient (Wildman–Crippen LogP) is 1.33. The molecule has 1 aliphatic rings. The van der Waals surface area contributed by atoms with Gasteiger partial charge in [0, 0.05) is 25.2 Å². The summed E-state index contributed by atoms with van der Waals surface area (Å²) in [6, 6.07) is 5.00. The van der Waals surface area contributed by atoms with Crippen LogP contribution in [0, 0.1) is 11.2 Å². The Bertz CT molecular complexity index is 450. The normalized spacial score (nSPS) is 20.9. The highest BCUT2D eigenvalue weighted by Crippen LogP contribution is 2.16. The lowest BCUT2D eigenvalue weighted by Crippen LogP contribution is -2.40. The van der Waals surface area contributed by atoms with Gasteiger partial charge >= 0.3 is 0 Å². The second-order valence-corrected chi connectivity index (χ2v) is 4.61. The van der Waals surface area contributed by atoms with Gasteiger partial charge in [-0.1, -0.05) is 12.1 Å². The summed E-state index contributed by atoms with van der Waals surface area (Å²) >= 11 is 0. The molecular formula is C13H18FN3O. The van der Waals surface area contributed by atoms with Gasteiger partial charge in [0.1, 0.15) is 11.7 Å². The van der Waals surface area contributed by atoms with Crippen LogP contribution in [0.25, 0.3) is 0 Å². The van der Waals surface area contributed by atoms with Crippen molar-refractivity contribution < 1.29 is 9.13 Å². The van der Waals surface area contributed by atoms with Gasteiger partial charge in [-0.15, -0.1) is 0 Å². The van der Waals surface area contributed by atoms with Crippen molar-refractivity contribution >= 4 is 5.84 Å². The van der Waals surface area contributed by atoms with Crippen LogP contribution < -0.4 is 5.73 Å². The quantitative estimate of drug-likeness (QED) is 0.629. The third-order valence-corrected chi connectivity index (χ3v) is 3.09. The fourth-order valence-corrected chi connectivity index (χ4v) is 2.19. The molecule has 1 atom stereocenters. The van der Waals surface area contributed by atoms with Gasteiger partial charge in [0.05, 0.1) is 18.3 Å². The lowest BCUT2D eigenvalue weighted by atomic mass is 10.1. The average Bonchev–Trinajstić information content (AvgIpc) is 2.31. The molecule has 0 radical (unpaired) electrons. The van der Waals surface area contributed by atoms with E-state index in [2.05, 4.69) is 4.90 Å². The SMILES string of the molecule is CC1CN(Cc2cccc(C(=N)N)c2F)CCO1. The number of nitrogens with two attached hydrogens (primary N) is 1. The van der Waals surface area contributed by atoms with E-state index in [1.165, 1.54) is 6.07 Å². The summed E-state index contributed by atoms with van der Waals surface area (Å²) in [5.41, 5.74) is 6.10. The van der Waals surface area contributed by atoms with Crippen molar-refractivity contribution in [2.75, 3.05) is 19.7 Å². The molecule has 5 heteroatoms. The van der Waals surface area contributed by atoms with Crippen LogP contribution in [0.1, 0.15) is 18.1 Å². The van der Waals surface area contributed by atoms with E-state index in [0.29, 0.717) is 18.7 Å². The molecule has 1 aliphatic heterocycles. The minimum atomic E-state index is -0.385. The van der Waals surface area contributed by atoms with Crippen molar-refractivity contribution in [2.24, 2.45) is 5.73 Å². The maximum Gasteiger partial charge on any atom is 0.138 e. The first-order chi connectivity index (χ1) is 8.58. The van der Waals surface area contributed by atoms with Crippen molar-refractivity contribution in [3.8, 4) is 0 Å². The molecule has 2 rings (SSSR count). The second kappa shape index (κ2) is 5.46. The number of nitrogens with one attached hydrogen (secondary N) is 1. The zero-order chi connectivity index (χ0) is 13.1. The molecule has 1 unspecified atom stereocenters. The Morgan fingerprint density at radius 1 is 1.61 bits per heavy atom. The lowest BCUT2D eigenvalue weighted by molar-refractivity contribution is -0.0215. The molecule has 0 saturated carbocycles. The van der Waals surface area contributed by atoms with Gasteiger partial charge in [-0.05, 0) is 13.0 Å². The molecular weight excluding hydrogens is 233 g/mol. The summed E-state index contributed by atoms with van der Waals surface area (Å²) < 4.78 is 19.5. The Balaban J connectivity index is 2.14. The topological polar surface area (TPSA) is 62.3 Å². The zero-order valence-corrected chi connectivity index (χ0v) is 10.4. The maximum absolute atomic E-state index is 14.1. The predicted molar refractivity (Wildman–Crippen MR) is 68.1 cm³/mol. The Morgan fingerprint density at radius 2 is 2.39 bits per heavy atom. The number of rotatable bonds is 3. The van der Waals surface area contributed by atoms with Crippen LogP contribution in [0.3, 0.4) is 0 Å². The number of amidine groups is 1. The van der Waals surface area contributed by atoms with E-state index in [1.54, 1.807) is 12.1 Å². The van der Waals surface area contributed by atoms with Crippen molar-refractivity contribution in [1.82, 2.24) is 4.90 Å². The van der Waals surface area contributed by atoms with Crippen LogP contribution in [0.4, 0.5) is 4.39 Å². The van der Waals surface area contributed by atoms with E-state index in [-0.39, 0.29) is 23.3 Å². The summed E-state index contributed by atoms with van der Waals surface area (Å²) in [5.74, 6) is -0.617. The Morgan fingerprint density at radius 3 is 3.06 bits per heavy atom. The summed E-state index contributed by atoms with van der Waals surface area (Å²) in [5, 5.41) is 7.33. The molecule has 18 heavy (non-hydrogen) atoms. The van der Waals surface area contributed by atoms with Crippen LogP contribution in [0.15, 0.2) is 18.2 Å². The van der Waals surface area contributed by atoms with Gasteiger partial charge in [-0.25, -0.2) is 4.39 Å². The Kier molecular flexibility index (Phi) is 3.93. The smallest absolute Gasteiger partial charge is 0.138 e. The van der Waals surface area contributed by atoms with E-state index in [0.717, 1.165) is 13.1 Å². The summed E-state index contributed by atoms with van der Waals surface area (Å²) in [6.45, 7) is 4.81. The van der Waals surface area contributed by atoms with Gasteiger partial charge in [-0.2, -0.15) is 0 Å². The third kappa shape index (κ3) is 2.86. The van der Waals surface area contributed by atoms with E-state index < -0.39 is 0 Å². The summed E-state index contributed by atoms with van der Waals surface area (Å²) in [7, 11) is 0. The zero-order valence-electron chi connectivity index (χ0n) is 10.4. The van der Waals surface area contributed by atoms with E-state index in [4.69, 9.17) is 15.9 Å². The van der Waals surface area contributed by atoms with Gasteiger partial charge < -0.3 is 10.5 Å². The third-order valence-electron chi connectivity index (χ3n) is 3.09. The molecule has 1 aromatic rings. The number of ether oxygens (including phenoxy) is 1. The highest BCUT2D eigenvalue weighted by atomic mass is 19.1. The first-order valence-corrected chi connectivity index (χ1v) is 6.03. The van der Waals surface area contributed by atoms with Gasteiger partial charge in [-0.3, -0.25) is 10.3 Å². The Labute approximate surface area is 106 Å². The minimum Gasteiger partial charge on any atom is -0.384 e. The molecule has 3 N–H and O–H groups in total. The number of hydrogen-bond acceptors (Lipinski definition) is 3. The van der Waals surface area contributed by atoms with Crippen molar-refractivity contribution in [1.29, 1.82) is 5.41 Å². The number of halogens is 1. The molecule has 0 aromatic heterocycles. The first-order valence-electron chi connectivity index (χ1n) is 6.03. The van der Waals surface area contributed by atoms with Crippen molar-refractivity contribution in [3.05, 3.63) is 35.1 Å². The standard InChI is InChI=1S/C13H18FN3O/c1-9-7-17(5-6-18-9)8-10-3-2-4-11(12(10)14)13(15)16/h2-4,9H,5-8H2,1H3,(H3,15,16). The minimum absolute atomic E-state index is 0.175. The van der Waals surface area contributed by atoms with Crippen LogP contribution in [0.2, 0.25) is 0 Å². The number of hydrogen-bond donors (Lipinski definition) is 2. The van der Waals surface area contributed by atoms with E-state index in [9.17, 15) is 4.39 Å². The van der Waals surface area contributed by atoms with Crippen molar-refractivity contribution in [3.63, 3.8) is 0 Å². The molecule has 0 bridgehead atoms. The van der Waals surface area contributed by atoms with E-state index in [1.807, 2.05) is 6.92 Å². The highest BCUT2D eigenvalue weighted by molar-refractivity contribution is 5.95. The number of benzene rings is 1. The second-order valence-electron chi connectivity index (χ2n) is 4.61. The molecule has 0 amide bonds. The van der Waals surface area contributed by atoms with Crippen LogP contribution in [-0.2, 0) is 11.3 Å². The fourth-order valence-electron chi connectivity index (χ4n) is 2.19. The largest absolute Gasteiger partial charge is 0.384 e. The van der Waals surface area contributed by atoms with Crippen molar-refractivity contribution in [2.45, 2.75) is 19.6 Å². The van der Waals surface area contributed by atoms with Gasteiger partial charge in [0.25, 0.3) is 0 Å². The van der Waals surface area contributed by atoms with Gasteiger partial charge in [0.2, 0.25) is 0 Å². The molecule has 1 aromatic carbocycles. The number of morpholine rings is 1. The Hall–Kier alpha value is -1.46. The molecule has 1 fully saturated rings. The fraction of sp³-hybridized carbons (Fsp3) is 0.462. The van der Waals surface area contributed by atoms with Crippen LogP contribution in [-0.4, -0.2) is 36.5 Å². The number of nitrogens with zero attached hydrogens (tertiary/aromatic N) is 1. The maximum atomic E-state index is 14.1. The average molecular weight is 251 g/mol. The first kappa shape index (κ1) is 13.0. The molecule has 1 saturated heterocycles. The number of nitrogen functional groups attached to an aromatic ring is 1. The van der Waals surface area contributed by atoms with Crippen LogP contribution >= 0.6 is 0 Å². The molecule has 1 heterocycles. The molecule has 98 valence electrons. The molecule has 0 aliphatic carbocycles. The van der Waals surface area contributed by atoms with E-state index >= 15 is 0 Å². The summed E-state index contributed by atoms with van der Waals surface area (Å²) in [6.07, 6.45) is 0.179.